The first kappa shape index (κ1) is 15.5. The minimum Gasteiger partial charge on any atom is -0.310 e. The van der Waals surface area contributed by atoms with Crippen LogP contribution < -0.4 is 5.32 Å². The van der Waals surface area contributed by atoms with Gasteiger partial charge in [-0.15, -0.1) is 0 Å². The van der Waals surface area contributed by atoms with Gasteiger partial charge in [0.2, 0.25) is 0 Å². The van der Waals surface area contributed by atoms with Gasteiger partial charge in [0, 0.05) is 19.1 Å². The number of hydrogen-bond donors (Lipinski definition) is 1. The van der Waals surface area contributed by atoms with Gasteiger partial charge in [0.25, 0.3) is 0 Å². The molecule has 0 radical (unpaired) electrons. The average molecular weight is 274 g/mol. The van der Waals surface area contributed by atoms with Crippen LogP contribution in [0.2, 0.25) is 0 Å². The van der Waals surface area contributed by atoms with Crippen molar-refractivity contribution in [3.8, 4) is 0 Å². The van der Waals surface area contributed by atoms with Gasteiger partial charge in [0.1, 0.15) is 0 Å². The standard InChI is InChI=1S/C18H30N2/c1-4-16-9-6-7-10-17(16)13-19-15(3)18-11-8-12-20(5-2)14-18/h6-7,9-10,15,18-19H,4-5,8,11-14H2,1-3H3. The lowest BCUT2D eigenvalue weighted by molar-refractivity contribution is 0.157. The summed E-state index contributed by atoms with van der Waals surface area (Å²) in [7, 11) is 0. The maximum Gasteiger partial charge on any atom is 0.0210 e. The topological polar surface area (TPSA) is 15.3 Å². The van der Waals surface area contributed by atoms with Gasteiger partial charge in [0.05, 0.1) is 0 Å². The van der Waals surface area contributed by atoms with E-state index in [0.717, 1.165) is 18.9 Å². The third-order valence-electron chi connectivity index (χ3n) is 4.81. The van der Waals surface area contributed by atoms with Crippen molar-refractivity contribution in [1.82, 2.24) is 10.2 Å². The van der Waals surface area contributed by atoms with Gasteiger partial charge in [-0.3, -0.25) is 0 Å². The zero-order valence-electron chi connectivity index (χ0n) is 13.4. The largest absolute Gasteiger partial charge is 0.310 e. The number of aryl methyl sites for hydroxylation is 1. The van der Waals surface area contributed by atoms with Crippen LogP contribution in [0.4, 0.5) is 0 Å². The number of likely N-dealkylation sites (tertiary alicyclic amines) is 1. The molecule has 2 unspecified atom stereocenters. The second-order valence-corrected chi connectivity index (χ2v) is 6.09. The molecule has 1 heterocycles. The molecule has 20 heavy (non-hydrogen) atoms. The van der Waals surface area contributed by atoms with Crippen molar-refractivity contribution in [1.29, 1.82) is 0 Å². The van der Waals surface area contributed by atoms with Crippen LogP contribution in [0, 0.1) is 5.92 Å². The number of nitrogens with one attached hydrogen (secondary N) is 1. The molecule has 1 aromatic carbocycles. The van der Waals surface area contributed by atoms with Crippen molar-refractivity contribution in [3.05, 3.63) is 35.4 Å². The van der Waals surface area contributed by atoms with Crippen molar-refractivity contribution >= 4 is 0 Å². The fourth-order valence-electron chi connectivity index (χ4n) is 3.30. The summed E-state index contributed by atoms with van der Waals surface area (Å²) in [5.74, 6) is 0.803. The summed E-state index contributed by atoms with van der Waals surface area (Å²) in [5, 5.41) is 3.76. The zero-order chi connectivity index (χ0) is 14.4. The van der Waals surface area contributed by atoms with Crippen LogP contribution in [0.15, 0.2) is 24.3 Å². The molecular formula is C18H30N2. The highest BCUT2D eigenvalue weighted by Crippen LogP contribution is 2.20. The fraction of sp³-hybridized carbons (Fsp3) is 0.667. The molecule has 2 rings (SSSR count). The molecule has 1 saturated heterocycles. The SMILES string of the molecule is CCc1ccccc1CNC(C)C1CCCN(CC)C1. The lowest BCUT2D eigenvalue weighted by Crippen LogP contribution is -2.44. The maximum absolute atomic E-state index is 3.76. The van der Waals surface area contributed by atoms with Crippen LogP contribution in [-0.4, -0.2) is 30.6 Å². The number of piperidine rings is 1. The second-order valence-electron chi connectivity index (χ2n) is 6.09. The van der Waals surface area contributed by atoms with Gasteiger partial charge < -0.3 is 10.2 Å². The number of benzene rings is 1. The van der Waals surface area contributed by atoms with E-state index in [4.69, 9.17) is 0 Å². The summed E-state index contributed by atoms with van der Waals surface area (Å²) >= 11 is 0. The zero-order valence-corrected chi connectivity index (χ0v) is 13.4. The lowest BCUT2D eigenvalue weighted by Gasteiger charge is -2.35. The third kappa shape index (κ3) is 4.07. The highest BCUT2D eigenvalue weighted by Gasteiger charge is 2.23. The van der Waals surface area contributed by atoms with Crippen molar-refractivity contribution in [2.45, 2.75) is 52.6 Å². The van der Waals surface area contributed by atoms with Crippen molar-refractivity contribution < 1.29 is 0 Å². The molecule has 1 fully saturated rings. The van der Waals surface area contributed by atoms with E-state index >= 15 is 0 Å². The van der Waals surface area contributed by atoms with Gasteiger partial charge in [-0.2, -0.15) is 0 Å². The Morgan fingerprint density at radius 3 is 2.70 bits per heavy atom. The van der Waals surface area contributed by atoms with Crippen LogP contribution in [0.5, 0.6) is 0 Å². The van der Waals surface area contributed by atoms with Gasteiger partial charge >= 0.3 is 0 Å². The highest BCUT2D eigenvalue weighted by atomic mass is 15.1. The van der Waals surface area contributed by atoms with E-state index in [1.807, 2.05) is 0 Å². The fourth-order valence-corrected chi connectivity index (χ4v) is 3.30. The van der Waals surface area contributed by atoms with Gasteiger partial charge in [-0.05, 0) is 56.3 Å². The molecule has 0 spiro atoms. The quantitative estimate of drug-likeness (QED) is 0.854. The molecular weight excluding hydrogens is 244 g/mol. The number of rotatable bonds is 6. The Morgan fingerprint density at radius 2 is 2.00 bits per heavy atom. The molecule has 112 valence electrons. The van der Waals surface area contributed by atoms with Crippen LogP contribution in [0.3, 0.4) is 0 Å². The first-order chi connectivity index (χ1) is 9.74. The summed E-state index contributed by atoms with van der Waals surface area (Å²) in [6.07, 6.45) is 3.86. The Bertz CT molecular complexity index is 402. The predicted molar refractivity (Wildman–Crippen MR) is 87.0 cm³/mol. The lowest BCUT2D eigenvalue weighted by atomic mass is 9.91. The van der Waals surface area contributed by atoms with Crippen molar-refractivity contribution in [2.24, 2.45) is 5.92 Å². The summed E-state index contributed by atoms with van der Waals surface area (Å²) in [4.78, 5) is 2.59. The Kier molecular flexibility index (Phi) is 6.06. The van der Waals surface area contributed by atoms with E-state index in [1.165, 1.54) is 43.6 Å². The first-order valence-electron chi connectivity index (χ1n) is 8.27. The van der Waals surface area contributed by atoms with E-state index < -0.39 is 0 Å². The molecule has 0 saturated carbocycles. The Labute approximate surface area is 124 Å². The van der Waals surface area contributed by atoms with E-state index in [-0.39, 0.29) is 0 Å². The normalized spacial score (nSPS) is 21.9. The highest BCUT2D eigenvalue weighted by molar-refractivity contribution is 5.26. The van der Waals surface area contributed by atoms with Gasteiger partial charge in [0.15, 0.2) is 0 Å². The molecule has 1 aliphatic rings. The molecule has 0 aliphatic carbocycles. The van der Waals surface area contributed by atoms with E-state index in [0.29, 0.717) is 6.04 Å². The molecule has 1 N–H and O–H groups in total. The summed E-state index contributed by atoms with van der Waals surface area (Å²) < 4.78 is 0. The number of hydrogen-bond acceptors (Lipinski definition) is 2. The van der Waals surface area contributed by atoms with Crippen molar-refractivity contribution in [2.75, 3.05) is 19.6 Å². The van der Waals surface area contributed by atoms with E-state index in [1.54, 1.807) is 0 Å². The minimum absolute atomic E-state index is 0.606. The van der Waals surface area contributed by atoms with E-state index in [9.17, 15) is 0 Å². The van der Waals surface area contributed by atoms with Crippen LogP contribution in [-0.2, 0) is 13.0 Å². The monoisotopic (exact) mass is 274 g/mol. The summed E-state index contributed by atoms with van der Waals surface area (Å²) in [5.41, 5.74) is 2.94. The summed E-state index contributed by atoms with van der Waals surface area (Å²) in [6, 6.07) is 9.42. The number of nitrogens with zero attached hydrogens (tertiary/aromatic N) is 1. The van der Waals surface area contributed by atoms with Crippen LogP contribution in [0.25, 0.3) is 0 Å². The third-order valence-corrected chi connectivity index (χ3v) is 4.81. The predicted octanol–water partition coefficient (Wildman–Crippen LogP) is 3.46. The molecule has 0 bridgehead atoms. The minimum atomic E-state index is 0.606. The average Bonchev–Trinajstić information content (AvgIpc) is 2.52. The Hall–Kier alpha value is -0.860. The van der Waals surface area contributed by atoms with Crippen LogP contribution in [0.1, 0.15) is 44.7 Å². The smallest absolute Gasteiger partial charge is 0.0210 e. The Morgan fingerprint density at radius 1 is 1.25 bits per heavy atom. The molecule has 2 atom stereocenters. The second kappa shape index (κ2) is 7.80. The molecule has 2 heteroatoms. The molecule has 0 amide bonds. The molecule has 0 aromatic heterocycles. The van der Waals surface area contributed by atoms with Crippen LogP contribution >= 0.6 is 0 Å². The Balaban J connectivity index is 1.86. The summed E-state index contributed by atoms with van der Waals surface area (Å²) in [6.45, 7) is 11.6. The maximum atomic E-state index is 3.76. The molecule has 1 aromatic rings. The first-order valence-corrected chi connectivity index (χ1v) is 8.27. The molecule has 1 aliphatic heterocycles. The van der Waals surface area contributed by atoms with Gasteiger partial charge in [-0.25, -0.2) is 0 Å². The van der Waals surface area contributed by atoms with Crippen molar-refractivity contribution in [3.63, 3.8) is 0 Å². The van der Waals surface area contributed by atoms with Gasteiger partial charge in [-0.1, -0.05) is 38.1 Å². The molecule has 2 nitrogen and oxygen atoms in total. The van der Waals surface area contributed by atoms with E-state index in [2.05, 4.69) is 55.3 Å².